The first-order valence-electron chi connectivity index (χ1n) is 11.4. The van der Waals surface area contributed by atoms with Gasteiger partial charge >= 0.3 is 14.3 Å². The average Bonchev–Trinajstić information content (AvgIpc) is 3.19. The van der Waals surface area contributed by atoms with Crippen molar-refractivity contribution >= 4 is 20.8 Å². The number of hydrogen-bond donors (Lipinski definition) is 1. The molecule has 1 aromatic carbocycles. The Bertz CT molecular complexity index is 1180. The monoisotopic (exact) mass is 510 g/mol. The van der Waals surface area contributed by atoms with Gasteiger partial charge in [-0.05, 0) is 41.4 Å². The van der Waals surface area contributed by atoms with Crippen LogP contribution in [0.1, 0.15) is 77.3 Å². The maximum atomic E-state index is 15.4. The van der Waals surface area contributed by atoms with Crippen molar-refractivity contribution in [3.05, 3.63) is 56.0 Å². The fourth-order valence-corrected chi connectivity index (χ4v) is 5.34. The Morgan fingerprint density at radius 3 is 2.56 bits per heavy atom. The maximum Gasteiger partial charge on any atom is 0.397 e. The Hall–Kier alpha value is -1.64. The molecule has 10 heteroatoms. The van der Waals surface area contributed by atoms with E-state index in [2.05, 4.69) is 25.8 Å². The third-order valence-electron chi connectivity index (χ3n) is 6.02. The summed E-state index contributed by atoms with van der Waals surface area (Å²) in [6.45, 7) is 12.6. The number of aromatic amines is 1. The first-order chi connectivity index (χ1) is 15.8. The quantitative estimate of drug-likeness (QED) is 0.392. The Morgan fingerprint density at radius 1 is 1.21 bits per heavy atom. The van der Waals surface area contributed by atoms with Crippen molar-refractivity contribution in [2.45, 2.75) is 84.2 Å². The second kappa shape index (κ2) is 9.43. The van der Waals surface area contributed by atoms with E-state index in [-0.39, 0.29) is 47.9 Å². The molecule has 1 fully saturated rings. The number of H-pyrrole nitrogens is 1. The summed E-state index contributed by atoms with van der Waals surface area (Å²) in [5.41, 5.74) is 1.13. The van der Waals surface area contributed by atoms with E-state index in [1.165, 1.54) is 4.57 Å². The summed E-state index contributed by atoms with van der Waals surface area (Å²) < 4.78 is 41.1. The maximum absolute atomic E-state index is 15.4. The Labute approximate surface area is 205 Å². The number of halogens is 1. The number of nitrogens with one attached hydrogen (secondary N) is 1. The normalized spacial score (nSPS) is 23.0. The molecule has 3 heterocycles. The molecule has 186 valence electrons. The molecular weight excluding hydrogens is 478 g/mol. The molecule has 3 atom stereocenters. The smallest absolute Gasteiger partial charge is 0.397 e. The van der Waals surface area contributed by atoms with E-state index in [1.807, 2.05) is 26.8 Å². The van der Waals surface area contributed by atoms with Gasteiger partial charge in [0.2, 0.25) is 0 Å². The molecule has 4 rings (SSSR count). The van der Waals surface area contributed by atoms with Gasteiger partial charge in [-0.25, -0.2) is 9.18 Å². The largest absolute Gasteiger partial charge is 0.426 e. The first-order valence-corrected chi connectivity index (χ1v) is 12.9. The summed E-state index contributed by atoms with van der Waals surface area (Å²) in [5.74, 6) is 0.242. The number of rotatable bonds is 4. The van der Waals surface area contributed by atoms with Crippen molar-refractivity contribution in [2.75, 3.05) is 6.61 Å². The average molecular weight is 511 g/mol. The number of ether oxygens (including phenoxy) is 1. The van der Waals surface area contributed by atoms with Crippen molar-refractivity contribution < 1.29 is 22.7 Å². The van der Waals surface area contributed by atoms with Gasteiger partial charge in [0.05, 0.1) is 24.9 Å². The fourth-order valence-electron chi connectivity index (χ4n) is 4.13. The van der Waals surface area contributed by atoms with Crippen LogP contribution in [0.5, 0.6) is 5.75 Å². The molecule has 1 aromatic heterocycles. The molecule has 0 spiro atoms. The van der Waals surface area contributed by atoms with Gasteiger partial charge in [0, 0.05) is 11.8 Å². The van der Waals surface area contributed by atoms with E-state index < -0.39 is 8.60 Å². The highest BCUT2D eigenvalue weighted by Crippen LogP contribution is 2.52. The molecule has 0 aliphatic carbocycles. The number of nitrogens with zero attached hydrogens (tertiary/aromatic N) is 1. The van der Waals surface area contributed by atoms with E-state index in [1.54, 1.807) is 12.3 Å². The number of aromatic nitrogens is 2. The van der Waals surface area contributed by atoms with Crippen LogP contribution in [0.3, 0.4) is 0 Å². The zero-order valence-electron chi connectivity index (χ0n) is 20.4. The minimum absolute atomic E-state index is 0.0900. The van der Waals surface area contributed by atoms with Crippen LogP contribution in [0, 0.1) is 10.5 Å². The second-order valence-corrected chi connectivity index (χ2v) is 12.4. The minimum Gasteiger partial charge on any atom is -0.426 e. The van der Waals surface area contributed by atoms with Crippen molar-refractivity contribution in [1.82, 2.24) is 9.55 Å². The van der Waals surface area contributed by atoms with E-state index >= 15 is 4.39 Å². The molecule has 34 heavy (non-hydrogen) atoms. The van der Waals surface area contributed by atoms with Gasteiger partial charge in [-0.2, -0.15) is 0 Å². The van der Waals surface area contributed by atoms with Gasteiger partial charge in [0.25, 0.3) is 0 Å². The number of benzene rings is 1. The lowest BCUT2D eigenvalue weighted by Crippen LogP contribution is -2.27. The van der Waals surface area contributed by atoms with Crippen LogP contribution in [-0.2, 0) is 31.2 Å². The molecule has 0 bridgehead atoms. The van der Waals surface area contributed by atoms with E-state index in [4.69, 9.17) is 30.5 Å². The van der Waals surface area contributed by atoms with Crippen LogP contribution < -0.4 is 10.2 Å². The molecule has 1 saturated heterocycles. The molecule has 7 nitrogen and oxygen atoms in total. The predicted molar refractivity (Wildman–Crippen MR) is 131 cm³/mol. The van der Waals surface area contributed by atoms with Gasteiger partial charge in [-0.15, -0.1) is 0 Å². The molecule has 2 aromatic rings. The van der Waals surface area contributed by atoms with Gasteiger partial charge in [-0.3, -0.25) is 18.6 Å². The first kappa shape index (κ1) is 25.5. The zero-order chi connectivity index (χ0) is 24.8. The molecule has 2 aliphatic rings. The highest BCUT2D eigenvalue weighted by atomic mass is 32.1. The van der Waals surface area contributed by atoms with E-state index in [0.717, 1.165) is 12.0 Å². The Morgan fingerprint density at radius 2 is 1.91 bits per heavy atom. The molecule has 1 N–H and O–H groups in total. The van der Waals surface area contributed by atoms with Crippen molar-refractivity contribution in [3.8, 4) is 5.75 Å². The lowest BCUT2D eigenvalue weighted by molar-refractivity contribution is -0.0229. The van der Waals surface area contributed by atoms with E-state index in [0.29, 0.717) is 27.9 Å². The number of hydrogen-bond acceptors (Lipinski definition) is 6. The lowest BCUT2D eigenvalue weighted by atomic mass is 9.78. The summed E-state index contributed by atoms with van der Waals surface area (Å²) in [5, 5.41) is 0. The van der Waals surface area contributed by atoms with Crippen LogP contribution in [0.25, 0.3) is 0 Å². The summed E-state index contributed by atoms with van der Waals surface area (Å²) in [6, 6.07) is 3.58. The SMILES string of the molecule is CC(C)(C)c1cc(C(C)(C)C)c2c(c1F)COP(OCC1CCC(n3ccc(=S)[nH]c3=O)O1)O2. The zero-order valence-corrected chi connectivity index (χ0v) is 22.1. The molecule has 0 radical (unpaired) electrons. The number of fused-ring (bicyclic) bond motifs is 1. The fraction of sp³-hybridized carbons (Fsp3) is 0.583. The summed E-state index contributed by atoms with van der Waals surface area (Å²) in [6.07, 6.45) is 2.45. The minimum atomic E-state index is -1.70. The van der Waals surface area contributed by atoms with Crippen LogP contribution in [-0.4, -0.2) is 22.3 Å². The molecule has 3 unspecified atom stereocenters. The molecule has 2 aliphatic heterocycles. The van der Waals surface area contributed by atoms with Gasteiger partial charge in [0.1, 0.15) is 22.4 Å². The van der Waals surface area contributed by atoms with Crippen LogP contribution in [0.15, 0.2) is 23.1 Å². The van der Waals surface area contributed by atoms with E-state index in [9.17, 15) is 4.79 Å². The summed E-state index contributed by atoms with van der Waals surface area (Å²) in [7, 11) is -1.70. The molecule has 0 amide bonds. The third kappa shape index (κ3) is 5.29. The molecule has 0 saturated carbocycles. The van der Waals surface area contributed by atoms with Gasteiger partial charge < -0.3 is 9.26 Å². The Balaban J connectivity index is 1.46. The summed E-state index contributed by atoms with van der Waals surface area (Å²) >= 11 is 4.99. The third-order valence-corrected chi connectivity index (χ3v) is 7.29. The van der Waals surface area contributed by atoms with Gasteiger partial charge in [0.15, 0.2) is 0 Å². The lowest BCUT2D eigenvalue weighted by Gasteiger charge is -2.33. The van der Waals surface area contributed by atoms with Crippen LogP contribution in [0.4, 0.5) is 4.39 Å². The van der Waals surface area contributed by atoms with Crippen LogP contribution in [0.2, 0.25) is 0 Å². The second-order valence-electron chi connectivity index (χ2n) is 10.8. The van der Waals surface area contributed by atoms with Crippen molar-refractivity contribution in [3.63, 3.8) is 0 Å². The Kier molecular flexibility index (Phi) is 7.06. The van der Waals surface area contributed by atoms with Crippen molar-refractivity contribution in [1.29, 1.82) is 0 Å². The highest BCUT2D eigenvalue weighted by molar-refractivity contribution is 7.71. The standard InChI is InChI=1S/C24H32FN2O5PS/c1-23(2,3)16-11-17(24(4,5)6)21-15(20(16)25)13-30-33(32-21)29-12-14-7-8-19(31-14)27-10-9-18(34)26-22(27)28/h9-11,14,19H,7-8,12-13H2,1-6H3,(H,26,28,34). The highest BCUT2D eigenvalue weighted by Gasteiger charge is 2.36. The van der Waals surface area contributed by atoms with Crippen LogP contribution >= 0.6 is 20.8 Å². The molecular formula is C24H32FN2O5PS. The predicted octanol–water partition coefficient (Wildman–Crippen LogP) is 6.17. The van der Waals surface area contributed by atoms with Crippen molar-refractivity contribution in [2.24, 2.45) is 0 Å². The summed E-state index contributed by atoms with van der Waals surface area (Å²) in [4.78, 5) is 14.7. The van der Waals surface area contributed by atoms with Gasteiger partial charge in [-0.1, -0.05) is 53.8 Å². The topological polar surface area (TPSA) is 74.7 Å².